The molecule has 6 nitrogen and oxygen atoms in total. The molecule has 0 amide bonds. The van der Waals surface area contributed by atoms with Crippen molar-refractivity contribution in [1.82, 2.24) is 14.5 Å². The zero-order valence-electron chi connectivity index (χ0n) is 12.0. The normalized spacial score (nSPS) is 13.7. The monoisotopic (exact) mass is 349 g/mol. The van der Waals surface area contributed by atoms with Gasteiger partial charge in [-0.3, -0.25) is 4.68 Å². The highest BCUT2D eigenvalue weighted by Crippen LogP contribution is 2.24. The molecule has 10 heteroatoms. The number of nitrogens with zero attached hydrogens (tertiary/aromatic N) is 2. The molecule has 0 radical (unpaired) electrons. The standard InChI is InChI=1S/C13H14F3N3O3S/c1-10(9-19-7-3-6-17-19)18-23(20,21)12-5-2-4-11(8-12)22-13(14,15)16/h2-8,10,18H,9H2,1H3/t10-/m0/s1. The van der Waals surface area contributed by atoms with Crippen LogP contribution in [0.15, 0.2) is 47.6 Å². The Morgan fingerprint density at radius 1 is 1.35 bits per heavy atom. The molecule has 2 aromatic rings. The van der Waals surface area contributed by atoms with E-state index in [-0.39, 0.29) is 11.4 Å². The topological polar surface area (TPSA) is 73.2 Å². The molecule has 0 saturated heterocycles. The van der Waals surface area contributed by atoms with Gasteiger partial charge in [-0.2, -0.15) is 5.10 Å². The maximum atomic E-state index is 12.2. The zero-order valence-corrected chi connectivity index (χ0v) is 12.8. The van der Waals surface area contributed by atoms with E-state index in [0.29, 0.717) is 0 Å². The predicted molar refractivity (Wildman–Crippen MR) is 75.1 cm³/mol. The number of sulfonamides is 1. The van der Waals surface area contributed by atoms with Gasteiger partial charge in [-0.1, -0.05) is 6.07 Å². The van der Waals surface area contributed by atoms with Crippen LogP contribution in [-0.2, 0) is 16.6 Å². The third-order valence-electron chi connectivity index (χ3n) is 2.73. The van der Waals surface area contributed by atoms with Crippen molar-refractivity contribution >= 4 is 10.0 Å². The second kappa shape index (κ2) is 6.59. The number of benzene rings is 1. The summed E-state index contributed by atoms with van der Waals surface area (Å²) in [4.78, 5) is -0.313. The van der Waals surface area contributed by atoms with Crippen LogP contribution in [0.2, 0.25) is 0 Å². The van der Waals surface area contributed by atoms with Gasteiger partial charge in [0.15, 0.2) is 0 Å². The molecule has 0 aliphatic carbocycles. The molecule has 1 aromatic carbocycles. The molecular formula is C13H14F3N3O3S. The lowest BCUT2D eigenvalue weighted by Gasteiger charge is -2.15. The Morgan fingerprint density at radius 2 is 2.09 bits per heavy atom. The first-order valence-electron chi connectivity index (χ1n) is 6.51. The highest BCUT2D eigenvalue weighted by Gasteiger charge is 2.31. The van der Waals surface area contributed by atoms with Crippen LogP contribution in [0.25, 0.3) is 0 Å². The smallest absolute Gasteiger partial charge is 0.406 e. The van der Waals surface area contributed by atoms with E-state index < -0.39 is 28.2 Å². The van der Waals surface area contributed by atoms with Crippen molar-refractivity contribution in [2.45, 2.75) is 30.8 Å². The number of ether oxygens (including phenoxy) is 1. The van der Waals surface area contributed by atoms with Crippen LogP contribution in [0.1, 0.15) is 6.92 Å². The Hall–Kier alpha value is -2.07. The minimum atomic E-state index is -4.89. The molecule has 23 heavy (non-hydrogen) atoms. The van der Waals surface area contributed by atoms with Crippen LogP contribution in [0.5, 0.6) is 5.75 Å². The van der Waals surface area contributed by atoms with Gasteiger partial charge in [-0.25, -0.2) is 13.1 Å². The second-order valence-electron chi connectivity index (χ2n) is 4.77. The SMILES string of the molecule is C[C@@H](Cn1cccn1)NS(=O)(=O)c1cccc(OC(F)(F)F)c1. The summed E-state index contributed by atoms with van der Waals surface area (Å²) in [6.45, 7) is 1.90. The lowest BCUT2D eigenvalue weighted by atomic mass is 10.3. The zero-order chi connectivity index (χ0) is 17.1. The molecule has 0 fully saturated rings. The van der Waals surface area contributed by atoms with E-state index in [1.54, 1.807) is 25.4 Å². The molecule has 0 aliphatic rings. The first-order valence-corrected chi connectivity index (χ1v) is 7.99. The first-order chi connectivity index (χ1) is 10.7. The van der Waals surface area contributed by atoms with Gasteiger partial charge in [0.2, 0.25) is 10.0 Å². The Kier molecular flexibility index (Phi) is 4.95. The number of rotatable bonds is 6. The minimum absolute atomic E-state index is 0.283. The maximum Gasteiger partial charge on any atom is 0.573 e. The van der Waals surface area contributed by atoms with Crippen molar-refractivity contribution in [2.24, 2.45) is 0 Å². The number of hydrogen-bond acceptors (Lipinski definition) is 4. The van der Waals surface area contributed by atoms with E-state index in [1.807, 2.05) is 0 Å². The van der Waals surface area contributed by atoms with E-state index in [9.17, 15) is 21.6 Å². The van der Waals surface area contributed by atoms with Crippen molar-refractivity contribution in [1.29, 1.82) is 0 Å². The molecule has 0 spiro atoms. The molecule has 1 N–H and O–H groups in total. The highest BCUT2D eigenvalue weighted by atomic mass is 32.2. The van der Waals surface area contributed by atoms with Crippen LogP contribution in [0.3, 0.4) is 0 Å². The van der Waals surface area contributed by atoms with E-state index in [1.165, 1.54) is 16.8 Å². The van der Waals surface area contributed by atoms with Gasteiger partial charge < -0.3 is 4.74 Å². The molecule has 0 aliphatic heterocycles. The average Bonchev–Trinajstić information content (AvgIpc) is 2.89. The largest absolute Gasteiger partial charge is 0.573 e. The van der Waals surface area contributed by atoms with Crippen LogP contribution in [-0.4, -0.2) is 30.6 Å². The quantitative estimate of drug-likeness (QED) is 0.867. The third-order valence-corrected chi connectivity index (χ3v) is 4.31. The Labute approximate surface area is 130 Å². The van der Waals surface area contributed by atoms with Crippen molar-refractivity contribution in [3.63, 3.8) is 0 Å². The fourth-order valence-corrected chi connectivity index (χ4v) is 3.17. The summed E-state index contributed by atoms with van der Waals surface area (Å²) in [5.74, 6) is -0.597. The molecule has 0 unspecified atom stereocenters. The highest BCUT2D eigenvalue weighted by molar-refractivity contribution is 7.89. The maximum absolute atomic E-state index is 12.2. The van der Waals surface area contributed by atoms with Gasteiger partial charge >= 0.3 is 6.36 Å². The molecule has 1 aromatic heterocycles. The summed E-state index contributed by atoms with van der Waals surface area (Å²) in [6, 6.07) is 5.39. The summed E-state index contributed by atoms with van der Waals surface area (Å²) in [5.41, 5.74) is 0. The van der Waals surface area contributed by atoms with E-state index in [4.69, 9.17) is 0 Å². The first kappa shape index (κ1) is 17.3. The number of aromatic nitrogens is 2. The third kappa shape index (κ3) is 5.25. The lowest BCUT2D eigenvalue weighted by molar-refractivity contribution is -0.274. The fraction of sp³-hybridized carbons (Fsp3) is 0.308. The van der Waals surface area contributed by atoms with Crippen molar-refractivity contribution in [2.75, 3.05) is 0 Å². The van der Waals surface area contributed by atoms with Crippen molar-refractivity contribution in [3.05, 3.63) is 42.7 Å². The number of halogens is 3. The van der Waals surface area contributed by atoms with Gasteiger partial charge in [0.1, 0.15) is 5.75 Å². The molecule has 0 bridgehead atoms. The van der Waals surface area contributed by atoms with Gasteiger partial charge in [0.25, 0.3) is 0 Å². The Morgan fingerprint density at radius 3 is 2.70 bits per heavy atom. The Bertz CT molecular complexity index is 745. The molecule has 1 atom stereocenters. The lowest BCUT2D eigenvalue weighted by Crippen LogP contribution is -2.35. The Balaban J connectivity index is 2.11. The fourth-order valence-electron chi connectivity index (χ4n) is 1.90. The van der Waals surface area contributed by atoms with Gasteiger partial charge in [0, 0.05) is 24.5 Å². The van der Waals surface area contributed by atoms with E-state index in [2.05, 4.69) is 14.6 Å². The summed E-state index contributed by atoms with van der Waals surface area (Å²) in [6.07, 6.45) is -1.66. The average molecular weight is 349 g/mol. The predicted octanol–water partition coefficient (Wildman–Crippen LogP) is 2.15. The minimum Gasteiger partial charge on any atom is -0.406 e. The van der Waals surface area contributed by atoms with Crippen LogP contribution < -0.4 is 9.46 Å². The molecular weight excluding hydrogens is 335 g/mol. The van der Waals surface area contributed by atoms with Crippen LogP contribution in [0, 0.1) is 0 Å². The summed E-state index contributed by atoms with van der Waals surface area (Å²) >= 11 is 0. The van der Waals surface area contributed by atoms with Crippen LogP contribution >= 0.6 is 0 Å². The molecule has 0 saturated carbocycles. The number of hydrogen-bond donors (Lipinski definition) is 1. The number of nitrogens with one attached hydrogen (secondary N) is 1. The van der Waals surface area contributed by atoms with Crippen LogP contribution in [0.4, 0.5) is 13.2 Å². The summed E-state index contributed by atoms with van der Waals surface area (Å²) in [7, 11) is -3.98. The van der Waals surface area contributed by atoms with Crippen molar-refractivity contribution < 1.29 is 26.3 Å². The molecule has 2 rings (SSSR count). The second-order valence-corrected chi connectivity index (χ2v) is 6.49. The molecule has 1 heterocycles. The van der Waals surface area contributed by atoms with Gasteiger partial charge in [-0.15, -0.1) is 13.2 Å². The van der Waals surface area contributed by atoms with E-state index >= 15 is 0 Å². The number of alkyl halides is 3. The molecule has 126 valence electrons. The van der Waals surface area contributed by atoms with Crippen molar-refractivity contribution in [3.8, 4) is 5.75 Å². The van der Waals surface area contributed by atoms with E-state index in [0.717, 1.165) is 12.1 Å². The van der Waals surface area contributed by atoms with Gasteiger partial charge in [0.05, 0.1) is 11.4 Å². The summed E-state index contributed by atoms with van der Waals surface area (Å²) in [5, 5.41) is 3.95. The summed E-state index contributed by atoms with van der Waals surface area (Å²) < 4.78 is 68.6. The van der Waals surface area contributed by atoms with Gasteiger partial charge in [-0.05, 0) is 25.1 Å².